The third-order valence-electron chi connectivity index (χ3n) is 2.94. The molecule has 1 heterocycles. The Hall–Kier alpha value is -0.860. The highest BCUT2D eigenvalue weighted by Gasteiger charge is 2.17. The van der Waals surface area contributed by atoms with Crippen molar-refractivity contribution in [2.45, 2.75) is 31.7 Å². The number of hydrogen-bond donors (Lipinski definition) is 1. The molecule has 1 N–H and O–H groups in total. The van der Waals surface area contributed by atoms with Gasteiger partial charge in [0.1, 0.15) is 5.78 Å². The molecule has 0 amide bonds. The van der Waals surface area contributed by atoms with E-state index >= 15 is 0 Å². The minimum absolute atomic E-state index is 0. The zero-order valence-electron chi connectivity index (χ0n) is 9.32. The van der Waals surface area contributed by atoms with Crippen molar-refractivity contribution in [3.05, 3.63) is 35.9 Å². The van der Waals surface area contributed by atoms with Crippen molar-refractivity contribution in [2.75, 3.05) is 6.54 Å². The molecule has 2 rings (SSSR count). The summed E-state index contributed by atoms with van der Waals surface area (Å²) in [5.41, 5.74) is 1.36. The molecule has 1 aromatic rings. The molecular weight excluding hydrogens is 222 g/mol. The van der Waals surface area contributed by atoms with Crippen molar-refractivity contribution in [2.24, 2.45) is 0 Å². The monoisotopic (exact) mass is 239 g/mol. The van der Waals surface area contributed by atoms with Crippen molar-refractivity contribution >= 4 is 18.2 Å². The summed E-state index contributed by atoms with van der Waals surface area (Å²) in [6.07, 6.45) is 3.55. The lowest BCUT2D eigenvalue weighted by atomic mass is 9.97. The van der Waals surface area contributed by atoms with Gasteiger partial charge in [-0.2, -0.15) is 0 Å². The topological polar surface area (TPSA) is 29.1 Å². The summed E-state index contributed by atoms with van der Waals surface area (Å²) < 4.78 is 0. The smallest absolute Gasteiger partial charge is 0.135 e. The van der Waals surface area contributed by atoms with Crippen LogP contribution >= 0.6 is 12.4 Å². The minimum Gasteiger partial charge on any atom is -0.313 e. The van der Waals surface area contributed by atoms with Crippen LogP contribution in [-0.4, -0.2) is 18.4 Å². The van der Waals surface area contributed by atoms with Crippen molar-refractivity contribution < 1.29 is 4.79 Å². The molecule has 1 fully saturated rings. The number of carbonyl (C=O) groups is 1. The van der Waals surface area contributed by atoms with E-state index in [1.165, 1.54) is 5.56 Å². The average molecular weight is 240 g/mol. The maximum absolute atomic E-state index is 11.2. The first-order chi connectivity index (χ1) is 7.34. The van der Waals surface area contributed by atoms with E-state index < -0.39 is 0 Å². The van der Waals surface area contributed by atoms with Gasteiger partial charge in [-0.05, 0) is 18.4 Å². The molecule has 0 radical (unpaired) electrons. The van der Waals surface area contributed by atoms with Crippen molar-refractivity contribution in [3.8, 4) is 0 Å². The number of nitrogens with one attached hydrogen (secondary N) is 1. The van der Waals surface area contributed by atoms with Crippen molar-refractivity contribution in [1.29, 1.82) is 0 Å². The van der Waals surface area contributed by atoms with Crippen LogP contribution in [0.15, 0.2) is 30.3 Å². The van der Waals surface area contributed by atoms with Gasteiger partial charge < -0.3 is 5.32 Å². The van der Waals surface area contributed by atoms with Crippen LogP contribution < -0.4 is 5.32 Å². The van der Waals surface area contributed by atoms with Gasteiger partial charge in [-0.15, -0.1) is 12.4 Å². The first kappa shape index (κ1) is 13.2. The lowest BCUT2D eigenvalue weighted by Gasteiger charge is -2.22. The number of Topliss-reactive ketones (excluding diaryl/α,β-unsaturated/α-hetero) is 1. The van der Waals surface area contributed by atoms with Crippen LogP contribution in [0.4, 0.5) is 0 Å². The molecule has 1 aliphatic rings. The Morgan fingerprint density at radius 3 is 2.69 bits per heavy atom. The highest BCUT2D eigenvalue weighted by atomic mass is 35.5. The second-order valence-corrected chi connectivity index (χ2v) is 4.17. The molecule has 0 bridgehead atoms. The highest BCUT2D eigenvalue weighted by Crippen LogP contribution is 2.11. The van der Waals surface area contributed by atoms with Crippen LogP contribution in [0.2, 0.25) is 0 Å². The Morgan fingerprint density at radius 1 is 1.25 bits per heavy atom. The van der Waals surface area contributed by atoms with Crippen molar-refractivity contribution in [1.82, 2.24) is 5.32 Å². The summed E-state index contributed by atoms with van der Waals surface area (Å²) in [6.45, 7) is 0.859. The molecule has 1 unspecified atom stereocenters. The van der Waals surface area contributed by atoms with E-state index in [2.05, 4.69) is 29.6 Å². The Morgan fingerprint density at radius 2 is 2.00 bits per heavy atom. The summed E-state index contributed by atoms with van der Waals surface area (Å²) in [5, 5.41) is 3.40. The molecule has 0 saturated carbocycles. The van der Waals surface area contributed by atoms with E-state index in [1.54, 1.807) is 0 Å². The zero-order valence-corrected chi connectivity index (χ0v) is 10.1. The molecule has 1 aromatic carbocycles. The summed E-state index contributed by atoms with van der Waals surface area (Å²) >= 11 is 0. The maximum atomic E-state index is 11.2. The summed E-state index contributed by atoms with van der Waals surface area (Å²) in [6, 6.07) is 10.8. The lowest BCUT2D eigenvalue weighted by Crippen LogP contribution is -2.38. The fourth-order valence-corrected chi connectivity index (χ4v) is 2.05. The number of rotatable bonds is 3. The second kappa shape index (κ2) is 6.66. The van der Waals surface area contributed by atoms with E-state index in [1.807, 2.05) is 6.07 Å². The first-order valence-electron chi connectivity index (χ1n) is 5.63. The largest absolute Gasteiger partial charge is 0.313 e. The quantitative estimate of drug-likeness (QED) is 0.878. The van der Waals surface area contributed by atoms with Gasteiger partial charge in [0.05, 0.1) is 0 Å². The molecule has 1 aliphatic heterocycles. The normalized spacial score (nSPS) is 20.2. The number of ketones is 1. The molecule has 0 spiro atoms. The third-order valence-corrected chi connectivity index (χ3v) is 2.94. The highest BCUT2D eigenvalue weighted by molar-refractivity contribution is 5.85. The van der Waals surface area contributed by atoms with Gasteiger partial charge in [-0.1, -0.05) is 30.3 Å². The van der Waals surface area contributed by atoms with E-state index in [-0.39, 0.29) is 12.4 Å². The van der Waals surface area contributed by atoms with Gasteiger partial charge in [0.25, 0.3) is 0 Å². The van der Waals surface area contributed by atoms with E-state index in [0.29, 0.717) is 24.7 Å². The first-order valence-corrected chi connectivity index (χ1v) is 5.63. The second-order valence-electron chi connectivity index (χ2n) is 4.17. The summed E-state index contributed by atoms with van der Waals surface area (Å²) in [5.74, 6) is 0.409. The van der Waals surface area contributed by atoms with Crippen LogP contribution in [0.5, 0.6) is 0 Å². The average Bonchev–Trinajstić information content (AvgIpc) is 2.28. The van der Waals surface area contributed by atoms with Crippen LogP contribution in [0.25, 0.3) is 0 Å². The molecular formula is C13H18ClNO. The van der Waals surface area contributed by atoms with Gasteiger partial charge in [-0.25, -0.2) is 0 Å². The van der Waals surface area contributed by atoms with Crippen LogP contribution in [0, 0.1) is 0 Å². The van der Waals surface area contributed by atoms with Crippen LogP contribution in [-0.2, 0) is 11.2 Å². The molecule has 1 saturated heterocycles. The standard InChI is InChI=1S/C13H17NO.ClH/c15-13-8-9-14-12(10-13)7-6-11-4-2-1-3-5-11;/h1-5,12,14H,6-10H2;1H. The Kier molecular flexibility index (Phi) is 5.50. The van der Waals surface area contributed by atoms with Gasteiger partial charge in [-0.3, -0.25) is 4.79 Å². The van der Waals surface area contributed by atoms with E-state index in [0.717, 1.165) is 19.4 Å². The molecule has 1 atom stereocenters. The van der Waals surface area contributed by atoms with Crippen LogP contribution in [0.1, 0.15) is 24.8 Å². The summed E-state index contributed by atoms with van der Waals surface area (Å²) in [7, 11) is 0. The van der Waals surface area contributed by atoms with E-state index in [9.17, 15) is 4.79 Å². The van der Waals surface area contributed by atoms with Crippen LogP contribution in [0.3, 0.4) is 0 Å². The summed E-state index contributed by atoms with van der Waals surface area (Å²) in [4.78, 5) is 11.2. The predicted octanol–water partition coefficient (Wildman–Crippen LogP) is 2.36. The molecule has 0 aliphatic carbocycles. The maximum Gasteiger partial charge on any atom is 0.135 e. The Bertz CT molecular complexity index is 326. The molecule has 2 nitrogen and oxygen atoms in total. The molecule has 0 aromatic heterocycles. The fraction of sp³-hybridized carbons (Fsp3) is 0.462. The van der Waals surface area contributed by atoms with Crippen molar-refractivity contribution in [3.63, 3.8) is 0 Å². The number of halogens is 1. The number of piperidine rings is 1. The van der Waals surface area contributed by atoms with Gasteiger partial charge in [0.15, 0.2) is 0 Å². The number of carbonyl (C=O) groups excluding carboxylic acids is 1. The molecule has 16 heavy (non-hydrogen) atoms. The number of aryl methyl sites for hydroxylation is 1. The van der Waals surface area contributed by atoms with Gasteiger partial charge >= 0.3 is 0 Å². The Balaban J connectivity index is 0.00000128. The third kappa shape index (κ3) is 3.95. The zero-order chi connectivity index (χ0) is 10.5. The van der Waals surface area contributed by atoms with E-state index in [4.69, 9.17) is 0 Å². The minimum atomic E-state index is 0. The Labute approximate surface area is 103 Å². The SMILES string of the molecule is Cl.O=C1CCNC(CCc2ccccc2)C1. The number of benzene rings is 1. The van der Waals surface area contributed by atoms with Gasteiger partial charge in [0.2, 0.25) is 0 Å². The lowest BCUT2D eigenvalue weighted by molar-refractivity contribution is -0.120. The van der Waals surface area contributed by atoms with Gasteiger partial charge in [0, 0.05) is 25.4 Å². The molecule has 88 valence electrons. The predicted molar refractivity (Wildman–Crippen MR) is 68.0 cm³/mol. The molecule has 3 heteroatoms. The fourth-order valence-electron chi connectivity index (χ4n) is 2.05. The number of hydrogen-bond acceptors (Lipinski definition) is 2.